The summed E-state index contributed by atoms with van der Waals surface area (Å²) in [6, 6.07) is 5.89. The van der Waals surface area contributed by atoms with Gasteiger partial charge in [0, 0.05) is 24.7 Å². The highest BCUT2D eigenvalue weighted by atomic mass is 16.5. The number of hydrogen-bond acceptors (Lipinski definition) is 7. The number of hydrazone groups is 1. The van der Waals surface area contributed by atoms with Gasteiger partial charge in [0.15, 0.2) is 0 Å². The summed E-state index contributed by atoms with van der Waals surface area (Å²) in [5.74, 6) is -0.535. The van der Waals surface area contributed by atoms with Crippen molar-refractivity contribution in [2.24, 2.45) is 28.1 Å². The van der Waals surface area contributed by atoms with Crippen molar-refractivity contribution in [3.8, 4) is 5.75 Å². The van der Waals surface area contributed by atoms with Crippen molar-refractivity contribution in [3.63, 3.8) is 0 Å². The van der Waals surface area contributed by atoms with Gasteiger partial charge in [-0.15, -0.1) is 0 Å². The van der Waals surface area contributed by atoms with Crippen molar-refractivity contribution in [2.45, 2.75) is 84.3 Å². The quantitative estimate of drug-likeness (QED) is 0.0645. The average molecular weight is 542 g/mol. The SMILES string of the molecule is CCCCC(C)(C)[C@H](O)/C=C/[C@H]1[C@H](O)CC(=O)[C@@H]1C/C=C\CCCC(=O)Oc1ccc(/C=N/NC(N)=O)cc1. The summed E-state index contributed by atoms with van der Waals surface area (Å²) in [5.41, 5.74) is 7.47. The van der Waals surface area contributed by atoms with Crippen LogP contribution < -0.4 is 15.9 Å². The molecule has 0 aromatic heterocycles. The number of primary amides is 1. The Morgan fingerprint density at radius 2 is 1.95 bits per heavy atom. The standard InChI is InChI=1S/C30H43N3O6/c1-4-5-18-30(2,3)27(36)17-16-24-23(25(34)19-26(24)35)10-8-6-7-9-11-28(37)39-22-14-12-21(13-15-22)20-32-33-29(31)38/h6,8,12-17,20,23-24,26-27,35-36H,4-5,7,9-11,18-19H2,1-3H3,(H3,31,33,38)/b8-6-,17-16+,32-20+/t23-,24-,26-,27-/m1/s1. The first-order valence-corrected chi connectivity index (χ1v) is 13.6. The largest absolute Gasteiger partial charge is 0.427 e. The van der Waals surface area contributed by atoms with Crippen LogP contribution >= 0.6 is 0 Å². The van der Waals surface area contributed by atoms with E-state index < -0.39 is 18.2 Å². The molecule has 1 aliphatic rings. The van der Waals surface area contributed by atoms with Crippen molar-refractivity contribution in [3.05, 3.63) is 54.1 Å². The number of allylic oxidation sites excluding steroid dienone is 2. The third-order valence-corrected chi connectivity index (χ3v) is 7.03. The van der Waals surface area contributed by atoms with E-state index in [2.05, 4.69) is 17.5 Å². The summed E-state index contributed by atoms with van der Waals surface area (Å²) >= 11 is 0. The number of aliphatic hydroxyl groups is 2. The fourth-order valence-electron chi connectivity index (χ4n) is 4.50. The van der Waals surface area contributed by atoms with Gasteiger partial charge in [-0.1, -0.05) is 57.9 Å². The number of carbonyl (C=O) groups is 3. The topological polar surface area (TPSA) is 151 Å². The predicted octanol–water partition coefficient (Wildman–Crippen LogP) is 4.41. The van der Waals surface area contributed by atoms with Gasteiger partial charge >= 0.3 is 12.0 Å². The van der Waals surface area contributed by atoms with Gasteiger partial charge in [-0.2, -0.15) is 5.10 Å². The smallest absolute Gasteiger partial charge is 0.332 e. The number of ether oxygens (including phenoxy) is 1. The van der Waals surface area contributed by atoms with Crippen molar-refractivity contribution in [1.29, 1.82) is 0 Å². The number of benzene rings is 1. The van der Waals surface area contributed by atoms with Gasteiger partial charge in [0.25, 0.3) is 0 Å². The van der Waals surface area contributed by atoms with E-state index in [0.717, 1.165) is 19.3 Å². The number of nitrogens with zero attached hydrogens (tertiary/aromatic N) is 1. The van der Waals surface area contributed by atoms with Crippen LogP contribution in [0, 0.1) is 17.3 Å². The van der Waals surface area contributed by atoms with Gasteiger partial charge in [0.05, 0.1) is 18.4 Å². The van der Waals surface area contributed by atoms with Crippen molar-refractivity contribution < 1.29 is 29.3 Å². The van der Waals surface area contributed by atoms with Crippen LogP contribution in [-0.2, 0) is 9.59 Å². The highest BCUT2D eigenvalue weighted by molar-refractivity contribution is 5.85. The monoisotopic (exact) mass is 541 g/mol. The summed E-state index contributed by atoms with van der Waals surface area (Å²) in [4.78, 5) is 35.2. The first-order valence-electron chi connectivity index (χ1n) is 13.6. The molecule has 9 heteroatoms. The minimum Gasteiger partial charge on any atom is -0.427 e. The lowest BCUT2D eigenvalue weighted by Gasteiger charge is -2.29. The fraction of sp³-hybridized carbons (Fsp3) is 0.533. The van der Waals surface area contributed by atoms with E-state index in [9.17, 15) is 24.6 Å². The maximum absolute atomic E-state index is 12.5. The Labute approximate surface area is 231 Å². The van der Waals surface area contributed by atoms with Crippen LogP contribution in [-0.4, -0.2) is 46.4 Å². The summed E-state index contributed by atoms with van der Waals surface area (Å²) in [7, 11) is 0. The molecule has 1 aliphatic carbocycles. The van der Waals surface area contributed by atoms with Crippen LogP contribution in [0.15, 0.2) is 53.7 Å². The first-order chi connectivity index (χ1) is 18.5. The van der Waals surface area contributed by atoms with Crippen LogP contribution in [0.1, 0.15) is 77.7 Å². The van der Waals surface area contributed by atoms with Crippen molar-refractivity contribution >= 4 is 24.0 Å². The average Bonchev–Trinajstić information content (AvgIpc) is 3.15. The molecule has 1 saturated carbocycles. The molecule has 214 valence electrons. The highest BCUT2D eigenvalue weighted by Crippen LogP contribution is 2.35. The van der Waals surface area contributed by atoms with Crippen molar-refractivity contribution in [1.82, 2.24) is 5.43 Å². The Morgan fingerprint density at radius 1 is 1.23 bits per heavy atom. The van der Waals surface area contributed by atoms with Gasteiger partial charge in [-0.25, -0.2) is 10.2 Å². The fourth-order valence-corrected chi connectivity index (χ4v) is 4.50. The van der Waals surface area contributed by atoms with Crippen LogP contribution in [0.2, 0.25) is 0 Å². The van der Waals surface area contributed by atoms with E-state index in [1.165, 1.54) is 6.21 Å². The predicted molar refractivity (Wildman–Crippen MR) is 151 cm³/mol. The molecule has 0 spiro atoms. The summed E-state index contributed by atoms with van der Waals surface area (Å²) in [6.07, 6.45) is 12.6. The number of urea groups is 1. The molecular formula is C30H43N3O6. The zero-order chi connectivity index (χ0) is 28.8. The molecule has 0 bridgehead atoms. The lowest BCUT2D eigenvalue weighted by molar-refractivity contribution is -0.134. The van der Waals surface area contributed by atoms with Crippen molar-refractivity contribution in [2.75, 3.05) is 0 Å². The molecule has 0 saturated heterocycles. The second kappa shape index (κ2) is 16.0. The molecule has 4 atom stereocenters. The summed E-state index contributed by atoms with van der Waals surface area (Å²) < 4.78 is 5.33. The molecule has 2 rings (SSSR count). The number of rotatable bonds is 15. The number of carbonyl (C=O) groups excluding carboxylic acids is 3. The lowest BCUT2D eigenvalue weighted by Crippen LogP contribution is -2.28. The van der Waals surface area contributed by atoms with E-state index in [1.54, 1.807) is 30.3 Å². The number of nitrogens with two attached hydrogens (primary N) is 1. The molecule has 2 amide bonds. The maximum Gasteiger partial charge on any atom is 0.332 e. The third-order valence-electron chi connectivity index (χ3n) is 7.03. The lowest BCUT2D eigenvalue weighted by atomic mass is 9.80. The van der Waals surface area contributed by atoms with E-state index in [4.69, 9.17) is 10.5 Å². The van der Waals surface area contributed by atoms with Gasteiger partial charge in [0.1, 0.15) is 11.5 Å². The van der Waals surface area contributed by atoms with E-state index in [1.807, 2.05) is 32.1 Å². The molecule has 0 aliphatic heterocycles. The minimum absolute atomic E-state index is 0.0338. The van der Waals surface area contributed by atoms with Crippen LogP contribution in [0.4, 0.5) is 4.79 Å². The molecule has 0 unspecified atom stereocenters. The molecule has 1 aromatic carbocycles. The molecule has 0 radical (unpaired) electrons. The second-order valence-corrected chi connectivity index (χ2v) is 10.7. The number of esters is 1. The minimum atomic E-state index is -0.757. The Morgan fingerprint density at radius 3 is 2.62 bits per heavy atom. The van der Waals surface area contributed by atoms with Gasteiger partial charge in [0.2, 0.25) is 0 Å². The Balaban J connectivity index is 1.76. The Kier molecular flexibility index (Phi) is 13.1. The number of amides is 2. The number of hydrogen-bond donors (Lipinski definition) is 4. The Hall–Kier alpha value is -3.30. The van der Waals surface area contributed by atoms with Gasteiger partial charge < -0.3 is 20.7 Å². The number of Topliss-reactive ketones (excluding diaryl/α,β-unsaturated/α-hetero) is 1. The normalized spacial score (nSPS) is 20.7. The summed E-state index contributed by atoms with van der Waals surface area (Å²) in [6.45, 7) is 6.18. The highest BCUT2D eigenvalue weighted by Gasteiger charge is 2.39. The first kappa shape index (κ1) is 31.9. The molecule has 1 aromatic rings. The molecular weight excluding hydrogens is 498 g/mol. The van der Waals surface area contributed by atoms with E-state index >= 15 is 0 Å². The van der Waals surface area contributed by atoms with Crippen LogP contribution in [0.25, 0.3) is 0 Å². The summed E-state index contributed by atoms with van der Waals surface area (Å²) in [5, 5.41) is 24.7. The number of aliphatic hydroxyl groups excluding tert-OH is 2. The molecule has 0 heterocycles. The van der Waals surface area contributed by atoms with Gasteiger partial charge in [-0.3, -0.25) is 9.59 Å². The molecule has 9 nitrogen and oxygen atoms in total. The third kappa shape index (κ3) is 11.1. The zero-order valence-electron chi connectivity index (χ0n) is 23.2. The molecule has 39 heavy (non-hydrogen) atoms. The second-order valence-electron chi connectivity index (χ2n) is 10.7. The number of unbranched alkanes of at least 4 members (excludes halogenated alkanes) is 2. The number of nitrogens with one attached hydrogen (secondary N) is 1. The number of ketones is 1. The molecule has 1 fully saturated rings. The zero-order valence-corrected chi connectivity index (χ0v) is 23.2. The van der Waals surface area contributed by atoms with Crippen LogP contribution in [0.5, 0.6) is 5.75 Å². The van der Waals surface area contributed by atoms with E-state index in [0.29, 0.717) is 30.6 Å². The Bertz CT molecular complexity index is 1030. The molecule has 5 N–H and O–H groups in total. The van der Waals surface area contributed by atoms with E-state index in [-0.39, 0.29) is 41.8 Å². The maximum atomic E-state index is 12.5. The van der Waals surface area contributed by atoms with Gasteiger partial charge in [-0.05, 0) is 60.9 Å². The van der Waals surface area contributed by atoms with Crippen LogP contribution in [0.3, 0.4) is 0 Å².